The maximum absolute atomic E-state index is 13.5. The first kappa shape index (κ1) is 22.3. The summed E-state index contributed by atoms with van der Waals surface area (Å²) < 4.78 is 0.919. The maximum Gasteiger partial charge on any atom is 0.274 e. The van der Waals surface area contributed by atoms with Gasteiger partial charge in [0.25, 0.3) is 11.8 Å². The fourth-order valence-corrected chi connectivity index (χ4v) is 3.27. The molecule has 0 saturated carbocycles. The Bertz CT molecular complexity index is 1060. The summed E-state index contributed by atoms with van der Waals surface area (Å²) in [5.74, 6) is -0.574. The quantitative estimate of drug-likeness (QED) is 0.448. The fourth-order valence-electron chi connectivity index (χ4n) is 3.01. The van der Waals surface area contributed by atoms with Crippen LogP contribution in [0.4, 0.5) is 5.69 Å². The van der Waals surface area contributed by atoms with Crippen molar-refractivity contribution < 1.29 is 14.7 Å². The van der Waals surface area contributed by atoms with Crippen molar-refractivity contribution in [2.75, 3.05) is 11.4 Å². The van der Waals surface area contributed by atoms with E-state index < -0.39 is 0 Å². The lowest BCUT2D eigenvalue weighted by molar-refractivity contribution is -0.115. The number of amides is 2. The van der Waals surface area contributed by atoms with E-state index in [4.69, 9.17) is 0 Å². The van der Waals surface area contributed by atoms with Crippen molar-refractivity contribution in [1.82, 2.24) is 5.32 Å². The summed E-state index contributed by atoms with van der Waals surface area (Å²) in [4.78, 5) is 27.9. The van der Waals surface area contributed by atoms with E-state index in [-0.39, 0.29) is 23.3 Å². The molecule has 0 saturated heterocycles. The van der Waals surface area contributed by atoms with Crippen LogP contribution in [-0.4, -0.2) is 23.5 Å². The highest BCUT2D eigenvalue weighted by molar-refractivity contribution is 9.10. The van der Waals surface area contributed by atoms with Crippen LogP contribution < -0.4 is 10.2 Å². The van der Waals surface area contributed by atoms with Gasteiger partial charge >= 0.3 is 0 Å². The van der Waals surface area contributed by atoms with E-state index in [1.54, 1.807) is 47.4 Å². The van der Waals surface area contributed by atoms with Crippen LogP contribution in [0.15, 0.2) is 89.0 Å². The summed E-state index contributed by atoms with van der Waals surface area (Å²) in [5.41, 5.74) is 2.05. The minimum atomic E-state index is -0.362. The van der Waals surface area contributed by atoms with Crippen LogP contribution in [0.1, 0.15) is 29.3 Å². The summed E-state index contributed by atoms with van der Waals surface area (Å²) >= 11 is 3.41. The Morgan fingerprint density at radius 3 is 2.23 bits per heavy atom. The van der Waals surface area contributed by atoms with Gasteiger partial charge in [0.2, 0.25) is 0 Å². The van der Waals surface area contributed by atoms with Crippen LogP contribution in [-0.2, 0) is 4.79 Å². The molecule has 6 heteroatoms. The Balaban J connectivity index is 1.98. The minimum Gasteiger partial charge on any atom is -0.508 e. The van der Waals surface area contributed by atoms with Crippen molar-refractivity contribution in [3.63, 3.8) is 0 Å². The molecule has 3 rings (SSSR count). The zero-order valence-electron chi connectivity index (χ0n) is 17.1. The van der Waals surface area contributed by atoms with E-state index in [0.29, 0.717) is 17.8 Å². The summed E-state index contributed by atoms with van der Waals surface area (Å²) in [7, 11) is 0. The summed E-state index contributed by atoms with van der Waals surface area (Å²) in [6.45, 7) is 2.43. The smallest absolute Gasteiger partial charge is 0.274 e. The lowest BCUT2D eigenvalue weighted by Gasteiger charge is -2.24. The van der Waals surface area contributed by atoms with Gasteiger partial charge in [-0.15, -0.1) is 0 Å². The first-order chi connectivity index (χ1) is 15.0. The van der Waals surface area contributed by atoms with Crippen molar-refractivity contribution in [3.05, 3.63) is 100 Å². The van der Waals surface area contributed by atoms with Crippen LogP contribution in [0.3, 0.4) is 0 Å². The van der Waals surface area contributed by atoms with Crippen molar-refractivity contribution in [3.8, 4) is 5.75 Å². The van der Waals surface area contributed by atoms with Crippen LogP contribution >= 0.6 is 15.9 Å². The van der Waals surface area contributed by atoms with E-state index in [1.165, 1.54) is 12.1 Å². The summed E-state index contributed by atoms with van der Waals surface area (Å²) in [5, 5.41) is 12.4. The van der Waals surface area contributed by atoms with E-state index in [9.17, 15) is 14.7 Å². The van der Waals surface area contributed by atoms with E-state index in [2.05, 4.69) is 21.2 Å². The average Bonchev–Trinajstić information content (AvgIpc) is 2.79. The van der Waals surface area contributed by atoms with Gasteiger partial charge < -0.3 is 15.3 Å². The van der Waals surface area contributed by atoms with Gasteiger partial charge in [-0.2, -0.15) is 0 Å². The zero-order valence-corrected chi connectivity index (χ0v) is 18.7. The Labute approximate surface area is 190 Å². The number of hydrogen-bond donors (Lipinski definition) is 2. The van der Waals surface area contributed by atoms with Crippen LogP contribution in [0.2, 0.25) is 0 Å². The molecule has 3 aromatic carbocycles. The first-order valence-corrected chi connectivity index (χ1v) is 10.7. The first-order valence-electron chi connectivity index (χ1n) is 9.92. The molecule has 0 atom stereocenters. The summed E-state index contributed by atoms with van der Waals surface area (Å²) in [6, 6.07) is 22.6. The van der Waals surface area contributed by atoms with Crippen LogP contribution in [0, 0.1) is 0 Å². The molecule has 5 nitrogen and oxygen atoms in total. The average molecular weight is 479 g/mol. The number of carbonyl (C=O) groups excluding carboxylic acids is 2. The van der Waals surface area contributed by atoms with Crippen molar-refractivity contribution in [1.29, 1.82) is 0 Å². The largest absolute Gasteiger partial charge is 0.508 e. The normalized spacial score (nSPS) is 11.1. The number of phenolic OH excluding ortho intramolecular Hbond substituents is 1. The molecule has 0 radical (unpaired) electrons. The van der Waals surface area contributed by atoms with Gasteiger partial charge in [-0.25, -0.2) is 0 Å². The summed E-state index contributed by atoms with van der Waals surface area (Å²) in [6.07, 6.45) is 2.39. The molecular weight excluding hydrogens is 456 g/mol. The Hall–Kier alpha value is -3.38. The fraction of sp³-hybridized carbons (Fsp3) is 0.120. The molecule has 0 bridgehead atoms. The monoisotopic (exact) mass is 478 g/mol. The van der Waals surface area contributed by atoms with E-state index in [0.717, 1.165) is 16.5 Å². The predicted molar refractivity (Wildman–Crippen MR) is 127 cm³/mol. The Morgan fingerprint density at radius 2 is 1.61 bits per heavy atom. The number of halogens is 1. The minimum absolute atomic E-state index is 0.121. The Kier molecular flexibility index (Phi) is 7.62. The molecule has 0 aliphatic rings. The number of aromatic hydroxyl groups is 1. The third kappa shape index (κ3) is 6.06. The molecular formula is C25H23BrN2O3. The zero-order chi connectivity index (χ0) is 22.2. The number of nitrogens with one attached hydrogen (secondary N) is 1. The van der Waals surface area contributed by atoms with Crippen molar-refractivity contribution in [2.24, 2.45) is 0 Å². The number of carbonyl (C=O) groups is 2. The number of anilines is 1. The second-order valence-electron chi connectivity index (χ2n) is 6.90. The molecule has 0 aliphatic heterocycles. The molecule has 3 aromatic rings. The third-order valence-corrected chi connectivity index (χ3v) is 5.08. The second-order valence-corrected chi connectivity index (χ2v) is 7.82. The molecule has 158 valence electrons. The molecule has 0 unspecified atom stereocenters. The van der Waals surface area contributed by atoms with Crippen molar-refractivity contribution >= 4 is 39.5 Å². The standard InChI is InChI=1S/C25H23BrN2O3/c1-2-16-28(21-12-14-22(29)15-13-21)25(31)23(17-18-8-10-20(26)11-9-18)27-24(30)19-6-4-3-5-7-19/h3-15,17,29H,2,16H2,1H3,(H,27,30)/b23-17+. The SMILES string of the molecule is CCCN(C(=O)/C(=C\c1ccc(Br)cc1)NC(=O)c1ccccc1)c1ccc(O)cc1. The number of nitrogens with zero attached hydrogens (tertiary/aromatic N) is 1. The Morgan fingerprint density at radius 1 is 0.968 bits per heavy atom. The number of hydrogen-bond acceptors (Lipinski definition) is 3. The predicted octanol–water partition coefficient (Wildman–Crippen LogP) is 5.37. The highest BCUT2D eigenvalue weighted by Gasteiger charge is 2.22. The van der Waals surface area contributed by atoms with Crippen LogP contribution in [0.5, 0.6) is 5.75 Å². The molecule has 0 fully saturated rings. The van der Waals surface area contributed by atoms with Gasteiger partial charge in [-0.1, -0.05) is 53.2 Å². The van der Waals surface area contributed by atoms with Gasteiger partial charge in [-0.3, -0.25) is 9.59 Å². The topological polar surface area (TPSA) is 69.6 Å². The van der Waals surface area contributed by atoms with E-state index in [1.807, 2.05) is 37.3 Å². The lowest BCUT2D eigenvalue weighted by Crippen LogP contribution is -2.39. The molecule has 0 heterocycles. The van der Waals surface area contributed by atoms with Gasteiger partial charge in [-0.05, 0) is 66.6 Å². The molecule has 2 N–H and O–H groups in total. The van der Waals surface area contributed by atoms with Crippen LogP contribution in [0.25, 0.3) is 6.08 Å². The molecule has 0 aliphatic carbocycles. The maximum atomic E-state index is 13.5. The van der Waals surface area contributed by atoms with Gasteiger partial charge in [0.15, 0.2) is 0 Å². The van der Waals surface area contributed by atoms with Crippen molar-refractivity contribution in [2.45, 2.75) is 13.3 Å². The van der Waals surface area contributed by atoms with Gasteiger partial charge in [0, 0.05) is 22.3 Å². The highest BCUT2D eigenvalue weighted by atomic mass is 79.9. The molecule has 2 amide bonds. The third-order valence-electron chi connectivity index (χ3n) is 4.55. The van der Waals surface area contributed by atoms with Gasteiger partial charge in [0.1, 0.15) is 11.4 Å². The molecule has 0 aromatic heterocycles. The second kappa shape index (κ2) is 10.6. The molecule has 31 heavy (non-hydrogen) atoms. The molecule has 0 spiro atoms. The highest BCUT2D eigenvalue weighted by Crippen LogP contribution is 2.21. The number of phenols is 1. The van der Waals surface area contributed by atoms with E-state index >= 15 is 0 Å². The number of rotatable bonds is 7. The van der Waals surface area contributed by atoms with Gasteiger partial charge in [0.05, 0.1) is 0 Å². The lowest BCUT2D eigenvalue weighted by atomic mass is 10.1. The number of benzene rings is 3.